The summed E-state index contributed by atoms with van der Waals surface area (Å²) >= 11 is 1.32. The third kappa shape index (κ3) is 3.55. The fourth-order valence-corrected chi connectivity index (χ4v) is 3.12. The molecule has 0 saturated heterocycles. The number of fused-ring (bicyclic) bond motifs is 1. The molecule has 1 N–H and O–H groups in total. The molecular weight excluding hydrogens is 277 g/mol. The van der Waals surface area contributed by atoms with E-state index in [0.717, 1.165) is 29.3 Å². The van der Waals surface area contributed by atoms with Crippen molar-refractivity contribution in [3.63, 3.8) is 0 Å². The van der Waals surface area contributed by atoms with Crippen LogP contribution >= 0.6 is 11.3 Å². The monoisotopic (exact) mass is 295 g/mol. The molecule has 0 bridgehead atoms. The Balaban J connectivity index is 2.03. The summed E-state index contributed by atoms with van der Waals surface area (Å²) in [6, 6.07) is 6.37. The van der Waals surface area contributed by atoms with E-state index in [4.69, 9.17) is 5.11 Å². The standard InChI is InChI=1S/C15H18FNO2S/c1-17(7-3-2-4-8-18)15(19)14-9-11-5-6-12(16)10-13(11)20-14/h5-6,9-10,18H,2-4,7-8H2,1H3. The van der Waals surface area contributed by atoms with E-state index in [1.54, 1.807) is 18.0 Å². The zero-order valence-corrected chi connectivity index (χ0v) is 12.3. The third-order valence-electron chi connectivity index (χ3n) is 3.19. The molecule has 108 valence electrons. The molecule has 5 heteroatoms. The predicted molar refractivity (Wildman–Crippen MR) is 79.7 cm³/mol. The number of carbonyl (C=O) groups excluding carboxylic acids is 1. The highest BCUT2D eigenvalue weighted by molar-refractivity contribution is 7.20. The summed E-state index contributed by atoms with van der Waals surface area (Å²) in [7, 11) is 1.77. The minimum Gasteiger partial charge on any atom is -0.396 e. The molecule has 0 saturated carbocycles. The molecule has 0 aliphatic carbocycles. The number of aliphatic hydroxyl groups excluding tert-OH is 1. The Morgan fingerprint density at radius 2 is 2.10 bits per heavy atom. The van der Waals surface area contributed by atoms with Gasteiger partial charge in [0.25, 0.3) is 5.91 Å². The number of thiophene rings is 1. The quantitative estimate of drug-likeness (QED) is 0.831. The molecule has 20 heavy (non-hydrogen) atoms. The first-order valence-corrected chi connectivity index (χ1v) is 7.49. The van der Waals surface area contributed by atoms with Crippen LogP contribution in [0.5, 0.6) is 0 Å². The lowest BCUT2D eigenvalue weighted by Crippen LogP contribution is -2.27. The van der Waals surface area contributed by atoms with Gasteiger partial charge in [-0.15, -0.1) is 11.3 Å². The van der Waals surface area contributed by atoms with Gasteiger partial charge in [0.1, 0.15) is 5.82 Å². The number of amides is 1. The number of hydrogen-bond donors (Lipinski definition) is 1. The molecule has 2 aromatic rings. The van der Waals surface area contributed by atoms with Crippen molar-refractivity contribution in [1.82, 2.24) is 4.90 Å². The Kier molecular flexibility index (Phi) is 5.09. The van der Waals surface area contributed by atoms with E-state index in [0.29, 0.717) is 11.4 Å². The fourth-order valence-electron chi connectivity index (χ4n) is 2.04. The second-order valence-electron chi connectivity index (χ2n) is 4.80. The Labute approximate surface area is 121 Å². The summed E-state index contributed by atoms with van der Waals surface area (Å²) in [5, 5.41) is 9.61. The molecule has 0 fully saturated rings. The number of unbranched alkanes of at least 4 members (excludes halogenated alkanes) is 2. The fraction of sp³-hybridized carbons (Fsp3) is 0.400. The van der Waals surface area contributed by atoms with Gasteiger partial charge in [-0.3, -0.25) is 4.79 Å². The Hall–Kier alpha value is -1.46. The van der Waals surface area contributed by atoms with Gasteiger partial charge in [-0.25, -0.2) is 4.39 Å². The van der Waals surface area contributed by atoms with E-state index in [1.165, 1.54) is 23.5 Å². The van der Waals surface area contributed by atoms with E-state index in [2.05, 4.69) is 0 Å². The Morgan fingerprint density at radius 1 is 1.30 bits per heavy atom. The number of hydrogen-bond acceptors (Lipinski definition) is 3. The number of carbonyl (C=O) groups is 1. The van der Waals surface area contributed by atoms with E-state index >= 15 is 0 Å². The molecule has 1 amide bonds. The zero-order valence-electron chi connectivity index (χ0n) is 11.4. The molecule has 0 radical (unpaired) electrons. The van der Waals surface area contributed by atoms with Gasteiger partial charge in [0.15, 0.2) is 0 Å². The first-order valence-electron chi connectivity index (χ1n) is 6.67. The van der Waals surface area contributed by atoms with Crippen molar-refractivity contribution in [3.8, 4) is 0 Å². The van der Waals surface area contributed by atoms with Crippen molar-refractivity contribution in [2.24, 2.45) is 0 Å². The van der Waals surface area contributed by atoms with E-state index < -0.39 is 0 Å². The van der Waals surface area contributed by atoms with E-state index in [-0.39, 0.29) is 18.3 Å². The molecule has 0 spiro atoms. The highest BCUT2D eigenvalue weighted by Crippen LogP contribution is 2.27. The van der Waals surface area contributed by atoms with Crippen molar-refractivity contribution < 1.29 is 14.3 Å². The van der Waals surface area contributed by atoms with Crippen molar-refractivity contribution >= 4 is 27.3 Å². The average molecular weight is 295 g/mol. The second kappa shape index (κ2) is 6.81. The van der Waals surface area contributed by atoms with Crippen molar-refractivity contribution in [3.05, 3.63) is 35.0 Å². The largest absolute Gasteiger partial charge is 0.396 e. The van der Waals surface area contributed by atoms with Gasteiger partial charge < -0.3 is 10.0 Å². The summed E-state index contributed by atoms with van der Waals surface area (Å²) in [6.45, 7) is 0.862. The number of aliphatic hydroxyl groups is 1. The van der Waals surface area contributed by atoms with Crippen LogP contribution in [-0.4, -0.2) is 36.1 Å². The van der Waals surface area contributed by atoms with Gasteiger partial charge in [0, 0.05) is 24.9 Å². The number of benzene rings is 1. The van der Waals surface area contributed by atoms with Gasteiger partial charge in [-0.2, -0.15) is 0 Å². The van der Waals surface area contributed by atoms with Crippen LogP contribution in [0.4, 0.5) is 4.39 Å². The summed E-state index contributed by atoms with van der Waals surface area (Å²) in [5.74, 6) is -0.314. The second-order valence-corrected chi connectivity index (χ2v) is 5.89. The third-order valence-corrected chi connectivity index (χ3v) is 4.28. The van der Waals surface area contributed by atoms with Gasteiger partial charge in [-0.1, -0.05) is 6.07 Å². The zero-order chi connectivity index (χ0) is 14.5. The van der Waals surface area contributed by atoms with Gasteiger partial charge in [0.2, 0.25) is 0 Å². The average Bonchev–Trinajstić information content (AvgIpc) is 2.85. The van der Waals surface area contributed by atoms with Crippen LogP contribution in [0.2, 0.25) is 0 Å². The minimum atomic E-state index is -0.282. The SMILES string of the molecule is CN(CCCCCO)C(=O)c1cc2ccc(F)cc2s1. The van der Waals surface area contributed by atoms with Crippen molar-refractivity contribution in [1.29, 1.82) is 0 Å². The maximum atomic E-state index is 13.1. The summed E-state index contributed by atoms with van der Waals surface area (Å²) in [6.07, 6.45) is 2.55. The first-order chi connectivity index (χ1) is 9.61. The van der Waals surface area contributed by atoms with Crippen molar-refractivity contribution in [2.45, 2.75) is 19.3 Å². The van der Waals surface area contributed by atoms with Gasteiger partial charge >= 0.3 is 0 Å². The minimum absolute atomic E-state index is 0.0318. The van der Waals surface area contributed by atoms with Crippen LogP contribution in [0.15, 0.2) is 24.3 Å². The normalized spacial score (nSPS) is 10.9. The van der Waals surface area contributed by atoms with Crippen molar-refractivity contribution in [2.75, 3.05) is 20.2 Å². The maximum absolute atomic E-state index is 13.1. The molecule has 1 aromatic heterocycles. The topological polar surface area (TPSA) is 40.5 Å². The molecular formula is C15H18FNO2S. The van der Waals surface area contributed by atoms with Crippen LogP contribution in [0.25, 0.3) is 10.1 Å². The molecule has 1 heterocycles. The highest BCUT2D eigenvalue weighted by Gasteiger charge is 2.14. The molecule has 0 aliphatic rings. The van der Waals surface area contributed by atoms with E-state index in [1.807, 2.05) is 6.07 Å². The molecule has 0 unspecified atom stereocenters. The predicted octanol–water partition coefficient (Wildman–Crippen LogP) is 3.28. The first kappa shape index (κ1) is 14.9. The molecule has 1 aromatic carbocycles. The lowest BCUT2D eigenvalue weighted by Gasteiger charge is -2.15. The molecule has 0 atom stereocenters. The lowest BCUT2D eigenvalue weighted by atomic mass is 10.2. The van der Waals surface area contributed by atoms with Gasteiger partial charge in [0.05, 0.1) is 4.88 Å². The van der Waals surface area contributed by atoms with Gasteiger partial charge in [-0.05, 0) is 42.8 Å². The van der Waals surface area contributed by atoms with Crippen LogP contribution in [-0.2, 0) is 0 Å². The lowest BCUT2D eigenvalue weighted by molar-refractivity contribution is 0.0797. The summed E-state index contributed by atoms with van der Waals surface area (Å²) in [4.78, 5) is 14.6. The molecule has 3 nitrogen and oxygen atoms in total. The highest BCUT2D eigenvalue weighted by atomic mass is 32.1. The molecule has 2 rings (SSSR count). The van der Waals surface area contributed by atoms with Crippen LogP contribution in [0, 0.1) is 5.82 Å². The summed E-state index contributed by atoms with van der Waals surface area (Å²) in [5.41, 5.74) is 0. The Bertz CT molecular complexity index is 597. The molecule has 0 aliphatic heterocycles. The Morgan fingerprint density at radius 3 is 2.85 bits per heavy atom. The van der Waals surface area contributed by atoms with Crippen LogP contribution < -0.4 is 0 Å². The number of nitrogens with zero attached hydrogens (tertiary/aromatic N) is 1. The van der Waals surface area contributed by atoms with Crippen LogP contribution in [0.1, 0.15) is 28.9 Å². The number of halogens is 1. The smallest absolute Gasteiger partial charge is 0.263 e. The summed E-state index contributed by atoms with van der Waals surface area (Å²) < 4.78 is 13.9. The maximum Gasteiger partial charge on any atom is 0.263 e. The van der Waals surface area contributed by atoms with E-state index in [9.17, 15) is 9.18 Å². The number of rotatable bonds is 6. The van der Waals surface area contributed by atoms with Crippen LogP contribution in [0.3, 0.4) is 0 Å².